The molecular formula is C25H24ClN3O5S. The highest BCUT2D eigenvalue weighted by Gasteiger charge is 2.35. The van der Waals surface area contributed by atoms with Crippen molar-refractivity contribution in [1.82, 2.24) is 5.32 Å². The smallest absolute Gasteiger partial charge is 0.267 e. The van der Waals surface area contributed by atoms with Crippen molar-refractivity contribution in [2.75, 3.05) is 22.4 Å². The first-order valence-corrected chi connectivity index (χ1v) is 13.1. The largest absolute Gasteiger partial charge is 0.476 e. The summed E-state index contributed by atoms with van der Waals surface area (Å²) in [5, 5.41) is 5.99. The van der Waals surface area contributed by atoms with Crippen molar-refractivity contribution >= 4 is 44.8 Å². The predicted molar refractivity (Wildman–Crippen MR) is 135 cm³/mol. The van der Waals surface area contributed by atoms with E-state index in [-0.39, 0.29) is 41.2 Å². The van der Waals surface area contributed by atoms with Crippen molar-refractivity contribution in [2.45, 2.75) is 19.1 Å². The molecule has 2 amide bonds. The molecule has 0 bridgehead atoms. The number of ether oxygens (including phenoxy) is 1. The lowest BCUT2D eigenvalue weighted by atomic mass is 10.1. The quantitative estimate of drug-likeness (QED) is 0.518. The summed E-state index contributed by atoms with van der Waals surface area (Å²) < 4.78 is 31.7. The minimum Gasteiger partial charge on any atom is -0.476 e. The van der Waals surface area contributed by atoms with Crippen LogP contribution in [0.1, 0.15) is 28.9 Å². The van der Waals surface area contributed by atoms with Crippen molar-refractivity contribution in [3.05, 3.63) is 88.9 Å². The molecule has 2 atom stereocenters. The molecule has 4 rings (SSSR count). The van der Waals surface area contributed by atoms with E-state index in [0.717, 1.165) is 16.1 Å². The van der Waals surface area contributed by atoms with Gasteiger partial charge in [0, 0.05) is 5.02 Å². The molecule has 0 saturated carbocycles. The Morgan fingerprint density at radius 3 is 2.46 bits per heavy atom. The second-order valence-electron chi connectivity index (χ2n) is 8.15. The molecule has 0 fully saturated rings. The summed E-state index contributed by atoms with van der Waals surface area (Å²) >= 11 is 6.03. The number of amides is 2. The second-order valence-corrected chi connectivity index (χ2v) is 10.5. The van der Waals surface area contributed by atoms with Crippen molar-refractivity contribution in [3.8, 4) is 5.75 Å². The molecule has 0 unspecified atom stereocenters. The van der Waals surface area contributed by atoms with E-state index in [2.05, 4.69) is 10.6 Å². The molecule has 10 heteroatoms. The van der Waals surface area contributed by atoms with Crippen LogP contribution < -0.4 is 19.7 Å². The maximum Gasteiger partial charge on any atom is 0.267 e. The van der Waals surface area contributed by atoms with E-state index in [9.17, 15) is 18.0 Å². The molecule has 3 aromatic carbocycles. The van der Waals surface area contributed by atoms with Gasteiger partial charge in [0.25, 0.3) is 11.8 Å². The third-order valence-corrected chi connectivity index (χ3v) is 6.94. The summed E-state index contributed by atoms with van der Waals surface area (Å²) in [5.41, 5.74) is 1.76. The van der Waals surface area contributed by atoms with Crippen LogP contribution in [-0.4, -0.2) is 39.1 Å². The molecule has 35 heavy (non-hydrogen) atoms. The van der Waals surface area contributed by atoms with Crippen molar-refractivity contribution in [3.63, 3.8) is 0 Å². The number of carbonyl (C=O) groups excluding carboxylic acids is 2. The lowest BCUT2D eigenvalue weighted by Gasteiger charge is -2.34. The number of para-hydroxylation sites is 1. The van der Waals surface area contributed by atoms with Gasteiger partial charge in [-0.05, 0) is 42.8 Å². The zero-order valence-corrected chi connectivity index (χ0v) is 20.6. The fourth-order valence-electron chi connectivity index (χ4n) is 3.78. The normalized spacial score (nSPS) is 16.0. The number of hydrogen-bond acceptors (Lipinski definition) is 5. The van der Waals surface area contributed by atoms with Gasteiger partial charge in [0.1, 0.15) is 5.75 Å². The van der Waals surface area contributed by atoms with Crippen LogP contribution in [0.4, 0.5) is 11.4 Å². The van der Waals surface area contributed by atoms with Gasteiger partial charge in [-0.2, -0.15) is 0 Å². The Morgan fingerprint density at radius 2 is 1.74 bits per heavy atom. The van der Waals surface area contributed by atoms with Gasteiger partial charge in [-0.15, -0.1) is 0 Å². The third-order valence-electron chi connectivity index (χ3n) is 5.56. The van der Waals surface area contributed by atoms with Crippen LogP contribution in [0, 0.1) is 0 Å². The van der Waals surface area contributed by atoms with Gasteiger partial charge in [-0.3, -0.25) is 13.9 Å². The van der Waals surface area contributed by atoms with Gasteiger partial charge >= 0.3 is 0 Å². The topological polar surface area (TPSA) is 105 Å². The number of halogens is 1. The van der Waals surface area contributed by atoms with E-state index in [4.69, 9.17) is 16.3 Å². The van der Waals surface area contributed by atoms with E-state index < -0.39 is 22.0 Å². The molecule has 1 heterocycles. The maximum absolute atomic E-state index is 13.1. The number of nitrogens with zero attached hydrogens (tertiary/aromatic N) is 1. The molecule has 3 aromatic rings. The molecule has 182 valence electrons. The average molecular weight is 514 g/mol. The number of rotatable bonds is 6. The molecule has 0 spiro atoms. The van der Waals surface area contributed by atoms with Gasteiger partial charge in [0.15, 0.2) is 6.10 Å². The number of anilines is 2. The van der Waals surface area contributed by atoms with Crippen LogP contribution in [0.5, 0.6) is 5.75 Å². The number of benzene rings is 3. The Kier molecular flexibility index (Phi) is 7.00. The van der Waals surface area contributed by atoms with Gasteiger partial charge in [-0.25, -0.2) is 8.42 Å². The zero-order chi connectivity index (χ0) is 25.2. The van der Waals surface area contributed by atoms with Gasteiger partial charge < -0.3 is 15.4 Å². The summed E-state index contributed by atoms with van der Waals surface area (Å²) in [7, 11) is -3.71. The van der Waals surface area contributed by atoms with Crippen LogP contribution in [0.2, 0.25) is 5.02 Å². The van der Waals surface area contributed by atoms with Crippen molar-refractivity contribution < 1.29 is 22.7 Å². The molecule has 0 aromatic heterocycles. The Bertz CT molecular complexity index is 1360. The number of fused-ring (bicyclic) bond motifs is 1. The first-order valence-electron chi connectivity index (χ1n) is 10.8. The van der Waals surface area contributed by atoms with E-state index in [1.54, 1.807) is 30.3 Å². The van der Waals surface area contributed by atoms with E-state index >= 15 is 0 Å². The van der Waals surface area contributed by atoms with Gasteiger partial charge in [-0.1, -0.05) is 54.1 Å². The molecule has 8 nitrogen and oxygen atoms in total. The van der Waals surface area contributed by atoms with Crippen LogP contribution in [0.3, 0.4) is 0 Å². The monoisotopic (exact) mass is 513 g/mol. The summed E-state index contributed by atoms with van der Waals surface area (Å²) in [6.07, 6.45) is -0.0938. The number of carbonyl (C=O) groups is 2. The first-order chi connectivity index (χ1) is 16.6. The fourth-order valence-corrected chi connectivity index (χ4v) is 4.85. The average Bonchev–Trinajstić information content (AvgIpc) is 2.83. The van der Waals surface area contributed by atoms with Crippen LogP contribution in [0.25, 0.3) is 0 Å². The minimum atomic E-state index is -3.71. The second kappa shape index (κ2) is 9.97. The van der Waals surface area contributed by atoms with Crippen LogP contribution in [-0.2, 0) is 14.8 Å². The third kappa shape index (κ3) is 5.58. The summed E-state index contributed by atoms with van der Waals surface area (Å²) in [6, 6.07) is 20.4. The van der Waals surface area contributed by atoms with Crippen molar-refractivity contribution in [1.29, 1.82) is 0 Å². The summed E-state index contributed by atoms with van der Waals surface area (Å²) in [4.78, 5) is 26.1. The minimum absolute atomic E-state index is 0.217. The molecule has 0 aliphatic carbocycles. The Morgan fingerprint density at radius 1 is 1.06 bits per heavy atom. The molecule has 0 radical (unpaired) electrons. The van der Waals surface area contributed by atoms with E-state index in [1.807, 2.05) is 37.3 Å². The SMILES string of the molecule is C[C@@H](NC(=O)c1ccccc1NC(=O)[C@H]1CN(S(C)(=O)=O)c2cc(Cl)ccc2O1)c1ccccc1. The maximum atomic E-state index is 13.1. The first kappa shape index (κ1) is 24.6. The number of hydrogen-bond donors (Lipinski definition) is 2. The standard InChI is InChI=1S/C25H24ClN3O5S/c1-16(17-8-4-3-5-9-17)27-24(30)19-10-6-7-11-20(19)28-25(31)23-15-29(35(2,32)33)21-14-18(26)12-13-22(21)34-23/h3-14,16,23H,15H2,1-2H3,(H,27,30)(H,28,31)/t16-,23-/m1/s1. The summed E-state index contributed by atoms with van der Waals surface area (Å²) in [6.45, 7) is 1.63. The van der Waals surface area contributed by atoms with E-state index in [0.29, 0.717) is 5.02 Å². The molecule has 2 N–H and O–H groups in total. The lowest BCUT2D eigenvalue weighted by Crippen LogP contribution is -2.48. The highest BCUT2D eigenvalue weighted by Crippen LogP contribution is 2.37. The Labute approximate surface area is 208 Å². The fraction of sp³-hybridized carbons (Fsp3) is 0.200. The van der Waals surface area contributed by atoms with Crippen LogP contribution >= 0.6 is 11.6 Å². The predicted octanol–water partition coefficient (Wildman–Crippen LogP) is 4.00. The van der Waals surface area contributed by atoms with Crippen LogP contribution in [0.15, 0.2) is 72.8 Å². The molecular weight excluding hydrogens is 490 g/mol. The lowest BCUT2D eigenvalue weighted by molar-refractivity contribution is -0.122. The highest BCUT2D eigenvalue weighted by molar-refractivity contribution is 7.92. The Balaban J connectivity index is 1.54. The van der Waals surface area contributed by atoms with Crippen molar-refractivity contribution in [2.24, 2.45) is 0 Å². The highest BCUT2D eigenvalue weighted by atomic mass is 35.5. The molecule has 1 aliphatic heterocycles. The van der Waals surface area contributed by atoms with Gasteiger partial charge in [0.05, 0.1) is 35.8 Å². The Hall–Kier alpha value is -3.56. The number of nitrogens with one attached hydrogen (secondary N) is 2. The van der Waals surface area contributed by atoms with E-state index in [1.165, 1.54) is 12.1 Å². The number of sulfonamides is 1. The molecule has 0 saturated heterocycles. The summed E-state index contributed by atoms with van der Waals surface area (Å²) in [5.74, 6) is -0.732. The van der Waals surface area contributed by atoms with Gasteiger partial charge in [0.2, 0.25) is 10.0 Å². The molecule has 1 aliphatic rings. The zero-order valence-electron chi connectivity index (χ0n) is 19.1.